The number of hydrogen-bond acceptors (Lipinski definition) is 3. The fourth-order valence-electron chi connectivity index (χ4n) is 2.90. The van der Waals surface area contributed by atoms with Gasteiger partial charge in [-0.25, -0.2) is 4.79 Å². The number of amides is 2. The molecule has 0 aromatic rings. The molecule has 2 aliphatic heterocycles. The molecule has 2 fully saturated rings. The Morgan fingerprint density at radius 1 is 1.26 bits per heavy atom. The van der Waals surface area contributed by atoms with Crippen molar-refractivity contribution in [3.8, 4) is 0 Å². The van der Waals surface area contributed by atoms with E-state index in [-0.39, 0.29) is 29.7 Å². The average molecular weight is 326 g/mol. The molecule has 2 rings (SSSR count). The van der Waals surface area contributed by atoms with Crippen LogP contribution < -0.4 is 5.32 Å². The third-order valence-electron chi connectivity index (χ3n) is 5.16. The standard InChI is InChI=1S/C18H34N2O3/c1-14(18(2,3)4)19-17(21)20-10-8-15(9-11-20)23-13-16-7-5-6-12-22-16/h14-16H,5-13H2,1-4H3,(H,19,21). The van der Waals surface area contributed by atoms with Gasteiger partial charge in [-0.3, -0.25) is 0 Å². The second-order valence-electron chi connectivity index (χ2n) is 8.05. The normalized spacial score (nSPS) is 25.2. The Hall–Kier alpha value is -0.810. The maximum atomic E-state index is 12.3. The van der Waals surface area contributed by atoms with Crippen LogP contribution in [-0.4, -0.2) is 55.5 Å². The number of nitrogens with one attached hydrogen (secondary N) is 1. The number of hydrogen-bond donors (Lipinski definition) is 1. The van der Waals surface area contributed by atoms with Gasteiger partial charge in [0.25, 0.3) is 0 Å². The van der Waals surface area contributed by atoms with Crippen LogP contribution in [0.4, 0.5) is 4.79 Å². The largest absolute Gasteiger partial charge is 0.376 e. The first kappa shape index (κ1) is 18.5. The van der Waals surface area contributed by atoms with Crippen LogP contribution in [0.5, 0.6) is 0 Å². The summed E-state index contributed by atoms with van der Waals surface area (Å²) in [6.07, 6.45) is 5.93. The number of carbonyl (C=O) groups excluding carboxylic acids is 1. The Morgan fingerprint density at radius 2 is 1.96 bits per heavy atom. The first-order valence-electron chi connectivity index (χ1n) is 9.15. The summed E-state index contributed by atoms with van der Waals surface area (Å²) in [7, 11) is 0. The zero-order valence-corrected chi connectivity index (χ0v) is 15.3. The van der Waals surface area contributed by atoms with Gasteiger partial charge in [0, 0.05) is 25.7 Å². The molecule has 2 saturated heterocycles. The highest BCUT2D eigenvalue weighted by Gasteiger charge is 2.27. The minimum Gasteiger partial charge on any atom is -0.376 e. The number of ether oxygens (including phenoxy) is 2. The first-order chi connectivity index (χ1) is 10.9. The molecule has 134 valence electrons. The van der Waals surface area contributed by atoms with Gasteiger partial charge in [-0.15, -0.1) is 0 Å². The van der Waals surface area contributed by atoms with E-state index in [1.54, 1.807) is 0 Å². The quantitative estimate of drug-likeness (QED) is 0.863. The Balaban J connectivity index is 1.66. The minimum absolute atomic E-state index is 0.0569. The number of nitrogens with zero attached hydrogens (tertiary/aromatic N) is 1. The van der Waals surface area contributed by atoms with E-state index in [0.29, 0.717) is 6.61 Å². The van der Waals surface area contributed by atoms with Gasteiger partial charge in [0.1, 0.15) is 0 Å². The number of urea groups is 1. The van der Waals surface area contributed by atoms with Crippen molar-refractivity contribution in [1.82, 2.24) is 10.2 Å². The van der Waals surface area contributed by atoms with Gasteiger partial charge in [0.15, 0.2) is 0 Å². The van der Waals surface area contributed by atoms with Crippen molar-refractivity contribution in [3.05, 3.63) is 0 Å². The Kier molecular flexibility index (Phi) is 6.72. The maximum absolute atomic E-state index is 12.3. The third kappa shape index (κ3) is 5.96. The molecule has 0 saturated carbocycles. The molecule has 1 N–H and O–H groups in total. The van der Waals surface area contributed by atoms with E-state index in [4.69, 9.17) is 9.47 Å². The highest BCUT2D eigenvalue weighted by atomic mass is 16.5. The number of piperidine rings is 1. The summed E-state index contributed by atoms with van der Waals surface area (Å²) in [6.45, 7) is 11.6. The molecule has 2 atom stereocenters. The summed E-state index contributed by atoms with van der Waals surface area (Å²) in [4.78, 5) is 14.2. The van der Waals surface area contributed by atoms with E-state index in [9.17, 15) is 4.79 Å². The summed E-state index contributed by atoms with van der Waals surface area (Å²) in [5, 5.41) is 3.11. The molecule has 2 aliphatic rings. The second-order valence-corrected chi connectivity index (χ2v) is 8.05. The van der Waals surface area contributed by atoms with E-state index >= 15 is 0 Å². The molecule has 0 spiro atoms. The van der Waals surface area contributed by atoms with Crippen LogP contribution in [-0.2, 0) is 9.47 Å². The van der Waals surface area contributed by atoms with E-state index < -0.39 is 0 Å². The van der Waals surface area contributed by atoms with Crippen molar-refractivity contribution in [3.63, 3.8) is 0 Å². The number of carbonyl (C=O) groups is 1. The van der Waals surface area contributed by atoms with Crippen molar-refractivity contribution in [1.29, 1.82) is 0 Å². The van der Waals surface area contributed by atoms with E-state index in [2.05, 4.69) is 33.0 Å². The molecular formula is C18H34N2O3. The van der Waals surface area contributed by atoms with Crippen molar-refractivity contribution in [2.45, 2.75) is 78.0 Å². The lowest BCUT2D eigenvalue weighted by atomic mass is 9.88. The molecule has 5 heteroatoms. The van der Waals surface area contributed by atoms with Crippen LogP contribution in [0.15, 0.2) is 0 Å². The summed E-state index contributed by atoms with van der Waals surface area (Å²) in [6, 6.07) is 0.217. The summed E-state index contributed by atoms with van der Waals surface area (Å²) < 4.78 is 11.7. The zero-order chi connectivity index (χ0) is 16.9. The molecule has 2 unspecified atom stereocenters. The molecular weight excluding hydrogens is 292 g/mol. The number of rotatable bonds is 4. The molecule has 0 aromatic carbocycles. The van der Waals surface area contributed by atoms with Crippen LogP contribution in [0.25, 0.3) is 0 Å². The fourth-order valence-corrected chi connectivity index (χ4v) is 2.90. The Bertz CT molecular complexity index is 367. The smallest absolute Gasteiger partial charge is 0.317 e. The first-order valence-corrected chi connectivity index (χ1v) is 9.15. The van der Waals surface area contributed by atoms with Crippen molar-refractivity contribution < 1.29 is 14.3 Å². The molecule has 0 bridgehead atoms. The fraction of sp³-hybridized carbons (Fsp3) is 0.944. The van der Waals surface area contributed by atoms with Gasteiger partial charge in [-0.2, -0.15) is 0 Å². The third-order valence-corrected chi connectivity index (χ3v) is 5.16. The zero-order valence-electron chi connectivity index (χ0n) is 15.3. The van der Waals surface area contributed by atoms with Gasteiger partial charge in [0.05, 0.1) is 18.8 Å². The lowest BCUT2D eigenvalue weighted by Crippen LogP contribution is -2.51. The van der Waals surface area contributed by atoms with Gasteiger partial charge >= 0.3 is 6.03 Å². The molecule has 23 heavy (non-hydrogen) atoms. The lowest BCUT2D eigenvalue weighted by molar-refractivity contribution is -0.0728. The van der Waals surface area contributed by atoms with Crippen LogP contribution in [0.3, 0.4) is 0 Å². The van der Waals surface area contributed by atoms with E-state index in [0.717, 1.165) is 39.0 Å². The van der Waals surface area contributed by atoms with Gasteiger partial charge in [-0.1, -0.05) is 20.8 Å². The summed E-state index contributed by atoms with van der Waals surface area (Å²) in [5.41, 5.74) is 0.0804. The van der Waals surface area contributed by atoms with Gasteiger partial charge in [0.2, 0.25) is 0 Å². The van der Waals surface area contributed by atoms with Crippen LogP contribution in [0.2, 0.25) is 0 Å². The minimum atomic E-state index is 0.0569. The summed E-state index contributed by atoms with van der Waals surface area (Å²) in [5.74, 6) is 0. The van der Waals surface area contributed by atoms with Crippen LogP contribution >= 0.6 is 0 Å². The molecule has 0 radical (unpaired) electrons. The van der Waals surface area contributed by atoms with Gasteiger partial charge in [-0.05, 0) is 44.4 Å². The predicted molar refractivity (Wildman–Crippen MR) is 91.6 cm³/mol. The Labute approximate surface area is 141 Å². The van der Waals surface area contributed by atoms with Crippen LogP contribution in [0, 0.1) is 5.41 Å². The van der Waals surface area contributed by atoms with E-state index in [1.807, 2.05) is 4.90 Å². The summed E-state index contributed by atoms with van der Waals surface area (Å²) >= 11 is 0. The maximum Gasteiger partial charge on any atom is 0.317 e. The van der Waals surface area contributed by atoms with Gasteiger partial charge < -0.3 is 19.7 Å². The van der Waals surface area contributed by atoms with Crippen molar-refractivity contribution >= 4 is 6.03 Å². The highest BCUT2D eigenvalue weighted by molar-refractivity contribution is 5.74. The van der Waals surface area contributed by atoms with E-state index in [1.165, 1.54) is 12.8 Å². The van der Waals surface area contributed by atoms with Crippen molar-refractivity contribution in [2.75, 3.05) is 26.3 Å². The average Bonchev–Trinajstić information content (AvgIpc) is 2.53. The SMILES string of the molecule is CC(NC(=O)N1CCC(OCC2CCCCO2)CC1)C(C)(C)C. The van der Waals surface area contributed by atoms with Crippen LogP contribution in [0.1, 0.15) is 59.8 Å². The Morgan fingerprint density at radius 3 is 2.52 bits per heavy atom. The molecule has 2 heterocycles. The topological polar surface area (TPSA) is 50.8 Å². The lowest BCUT2D eigenvalue weighted by Gasteiger charge is -2.35. The van der Waals surface area contributed by atoms with Crippen molar-refractivity contribution in [2.24, 2.45) is 5.41 Å². The molecule has 0 aromatic heterocycles. The number of likely N-dealkylation sites (tertiary alicyclic amines) is 1. The highest BCUT2D eigenvalue weighted by Crippen LogP contribution is 2.20. The molecule has 0 aliphatic carbocycles. The predicted octanol–water partition coefficient (Wildman–Crippen LogP) is 3.18. The molecule has 2 amide bonds. The monoisotopic (exact) mass is 326 g/mol. The molecule has 5 nitrogen and oxygen atoms in total. The second kappa shape index (κ2) is 8.34.